The van der Waals surface area contributed by atoms with E-state index in [2.05, 4.69) is 32.2 Å². The van der Waals surface area contributed by atoms with Crippen molar-refractivity contribution in [2.24, 2.45) is 0 Å². The van der Waals surface area contributed by atoms with Crippen LogP contribution in [0.3, 0.4) is 0 Å². The predicted octanol–water partition coefficient (Wildman–Crippen LogP) is 3.59. The molecule has 0 aromatic heterocycles. The highest BCUT2D eigenvalue weighted by Crippen LogP contribution is 2.27. The number of hydrogen-bond acceptors (Lipinski definition) is 3. The molecule has 0 fully saturated rings. The molecule has 3 nitrogen and oxygen atoms in total. The van der Waals surface area contributed by atoms with Gasteiger partial charge in [0.15, 0.2) is 0 Å². The fourth-order valence-electron chi connectivity index (χ4n) is 2.28. The van der Waals surface area contributed by atoms with E-state index in [-0.39, 0.29) is 6.04 Å². The minimum atomic E-state index is -0.789. The molecule has 0 bridgehead atoms. The van der Waals surface area contributed by atoms with Gasteiger partial charge in [0.1, 0.15) is 5.75 Å². The van der Waals surface area contributed by atoms with Crippen LogP contribution in [0.2, 0.25) is 0 Å². The van der Waals surface area contributed by atoms with Crippen molar-refractivity contribution in [2.45, 2.75) is 46.1 Å². The second-order valence-electron chi connectivity index (χ2n) is 5.42. The van der Waals surface area contributed by atoms with Gasteiger partial charge >= 0.3 is 0 Å². The van der Waals surface area contributed by atoms with Crippen molar-refractivity contribution in [1.82, 2.24) is 5.32 Å². The molecule has 0 aliphatic rings. The van der Waals surface area contributed by atoms with Crippen LogP contribution in [0.5, 0.6) is 5.75 Å². The monoisotopic (exact) mass is 311 g/mol. The smallest absolute Gasteiger partial charge is 0.123 e. The number of aryl methyl sites for hydroxylation is 1. The predicted molar refractivity (Wildman–Crippen MR) is 91.6 cm³/mol. The average Bonchev–Trinajstić information content (AvgIpc) is 2.49. The maximum absolute atomic E-state index is 12.3. The summed E-state index contributed by atoms with van der Waals surface area (Å²) < 4.78 is 17.7. The summed E-state index contributed by atoms with van der Waals surface area (Å²) in [6.07, 6.45) is 3.18. The molecular weight excluding hydrogens is 282 g/mol. The van der Waals surface area contributed by atoms with Crippen LogP contribution in [0.15, 0.2) is 18.2 Å². The van der Waals surface area contributed by atoms with Gasteiger partial charge in [-0.3, -0.25) is 4.21 Å². The van der Waals surface area contributed by atoms with Gasteiger partial charge in [0, 0.05) is 33.9 Å². The van der Waals surface area contributed by atoms with Crippen LogP contribution in [-0.4, -0.2) is 29.4 Å². The molecule has 1 aromatic carbocycles. The van der Waals surface area contributed by atoms with Crippen molar-refractivity contribution in [3.05, 3.63) is 29.3 Å². The van der Waals surface area contributed by atoms with Gasteiger partial charge in [-0.15, -0.1) is 0 Å². The summed E-state index contributed by atoms with van der Waals surface area (Å²) in [5, 5.41) is 3.52. The van der Waals surface area contributed by atoms with E-state index in [0.29, 0.717) is 5.75 Å². The second kappa shape index (κ2) is 9.96. The number of methoxy groups -OCH3 is 1. The molecule has 2 atom stereocenters. The zero-order valence-corrected chi connectivity index (χ0v) is 14.6. The first-order valence-electron chi connectivity index (χ1n) is 7.85. The number of unbranched alkanes of at least 4 members (excludes halogenated alkanes) is 1. The third-order valence-corrected chi connectivity index (χ3v) is 4.93. The van der Waals surface area contributed by atoms with Crippen LogP contribution in [0, 0.1) is 6.92 Å². The van der Waals surface area contributed by atoms with E-state index < -0.39 is 10.8 Å². The molecule has 0 radical (unpaired) electrons. The number of ether oxygens (including phenoxy) is 1. The van der Waals surface area contributed by atoms with Gasteiger partial charge in [0.25, 0.3) is 0 Å². The first kappa shape index (κ1) is 18.2. The molecule has 0 spiro atoms. The Hall–Kier alpha value is -0.870. The quantitative estimate of drug-likeness (QED) is 0.717. The Morgan fingerprint density at radius 2 is 2.05 bits per heavy atom. The molecule has 1 aromatic rings. The maximum atomic E-state index is 12.3. The summed E-state index contributed by atoms with van der Waals surface area (Å²) in [6, 6.07) is 6.29. The highest BCUT2D eigenvalue weighted by molar-refractivity contribution is 7.85. The lowest BCUT2D eigenvalue weighted by molar-refractivity contribution is 0.402. The Balaban J connectivity index is 2.90. The van der Waals surface area contributed by atoms with Crippen LogP contribution in [0.25, 0.3) is 0 Å². The van der Waals surface area contributed by atoms with Crippen molar-refractivity contribution in [3.63, 3.8) is 0 Å². The molecule has 1 rings (SSSR count). The number of rotatable bonds is 10. The Morgan fingerprint density at radius 1 is 1.29 bits per heavy atom. The van der Waals surface area contributed by atoms with Crippen molar-refractivity contribution in [3.8, 4) is 5.75 Å². The van der Waals surface area contributed by atoms with E-state index in [1.165, 1.54) is 5.56 Å². The normalized spacial score (nSPS) is 13.9. The molecule has 2 unspecified atom stereocenters. The molecule has 0 aliphatic heterocycles. The van der Waals surface area contributed by atoms with Crippen molar-refractivity contribution >= 4 is 10.8 Å². The molecule has 4 heteroatoms. The first-order valence-corrected chi connectivity index (χ1v) is 9.34. The lowest BCUT2D eigenvalue weighted by Gasteiger charge is -2.21. The molecule has 1 N–H and O–H groups in total. The average molecular weight is 311 g/mol. The molecule has 0 saturated heterocycles. The zero-order chi connectivity index (χ0) is 15.7. The van der Waals surface area contributed by atoms with E-state index in [1.54, 1.807) is 7.11 Å². The Morgan fingerprint density at radius 3 is 2.67 bits per heavy atom. The second-order valence-corrected chi connectivity index (χ2v) is 7.04. The zero-order valence-electron chi connectivity index (χ0n) is 13.8. The van der Waals surface area contributed by atoms with Crippen molar-refractivity contribution in [2.75, 3.05) is 25.2 Å². The van der Waals surface area contributed by atoms with E-state index >= 15 is 0 Å². The van der Waals surface area contributed by atoms with Crippen LogP contribution in [0.4, 0.5) is 0 Å². The molecule has 0 amide bonds. The Bertz CT molecular complexity index is 448. The highest BCUT2D eigenvalue weighted by Gasteiger charge is 2.18. The van der Waals surface area contributed by atoms with Gasteiger partial charge in [-0.1, -0.05) is 38.0 Å². The summed E-state index contributed by atoms with van der Waals surface area (Å²) in [6.45, 7) is 7.28. The molecule has 0 aliphatic carbocycles. The lowest BCUT2D eigenvalue weighted by Crippen LogP contribution is -2.28. The van der Waals surface area contributed by atoms with Gasteiger partial charge < -0.3 is 10.1 Å². The summed E-state index contributed by atoms with van der Waals surface area (Å²) in [5.41, 5.74) is 2.32. The van der Waals surface area contributed by atoms with E-state index in [4.69, 9.17) is 4.74 Å². The molecule has 0 heterocycles. The van der Waals surface area contributed by atoms with Gasteiger partial charge in [0.2, 0.25) is 0 Å². The first-order chi connectivity index (χ1) is 10.1. The molecule has 120 valence electrons. The summed E-state index contributed by atoms with van der Waals surface area (Å²) in [4.78, 5) is 0. The fraction of sp³-hybridized carbons (Fsp3) is 0.647. The Labute approximate surface area is 131 Å². The third kappa shape index (κ3) is 6.18. The number of benzene rings is 1. The van der Waals surface area contributed by atoms with Gasteiger partial charge in [0.05, 0.1) is 7.11 Å². The lowest BCUT2D eigenvalue weighted by atomic mass is 10.0. The van der Waals surface area contributed by atoms with Gasteiger partial charge in [-0.05, 0) is 32.4 Å². The van der Waals surface area contributed by atoms with Crippen LogP contribution >= 0.6 is 0 Å². The van der Waals surface area contributed by atoms with Crippen LogP contribution in [-0.2, 0) is 10.8 Å². The van der Waals surface area contributed by atoms with Crippen molar-refractivity contribution in [1.29, 1.82) is 0 Å². The van der Waals surface area contributed by atoms with Gasteiger partial charge in [-0.2, -0.15) is 0 Å². The summed E-state index contributed by atoms with van der Waals surface area (Å²) in [5.74, 6) is 2.32. The van der Waals surface area contributed by atoms with Crippen molar-refractivity contribution < 1.29 is 8.95 Å². The van der Waals surface area contributed by atoms with E-state index in [1.807, 2.05) is 12.1 Å². The van der Waals surface area contributed by atoms with Crippen LogP contribution < -0.4 is 10.1 Å². The molecule has 0 saturated carbocycles. The third-order valence-electron chi connectivity index (χ3n) is 3.48. The number of hydrogen-bond donors (Lipinski definition) is 1. The van der Waals surface area contributed by atoms with Crippen LogP contribution in [0.1, 0.15) is 50.3 Å². The topological polar surface area (TPSA) is 38.3 Å². The maximum Gasteiger partial charge on any atom is 0.123 e. The standard InChI is InChI=1S/C17H29NO2S/c1-5-7-11-21(19)13-16(18-10-6-2)15-12-14(3)8-9-17(15)20-4/h8-9,12,16,18H,5-7,10-11,13H2,1-4H3. The van der Waals surface area contributed by atoms with E-state index in [9.17, 15) is 4.21 Å². The van der Waals surface area contributed by atoms with E-state index in [0.717, 1.165) is 42.9 Å². The summed E-state index contributed by atoms with van der Waals surface area (Å²) in [7, 11) is 0.905. The number of nitrogens with one attached hydrogen (secondary N) is 1. The summed E-state index contributed by atoms with van der Waals surface area (Å²) >= 11 is 0. The molecular formula is C17H29NO2S. The largest absolute Gasteiger partial charge is 0.496 e. The van der Waals surface area contributed by atoms with Gasteiger partial charge in [-0.25, -0.2) is 0 Å². The SMILES string of the molecule is CCCCS(=O)CC(NCCC)c1cc(C)ccc1OC. The fourth-order valence-corrected chi connectivity index (χ4v) is 3.72. The minimum Gasteiger partial charge on any atom is -0.496 e. The molecule has 21 heavy (non-hydrogen) atoms. The Kier molecular flexibility index (Phi) is 8.62. The highest BCUT2D eigenvalue weighted by atomic mass is 32.2. The minimum absolute atomic E-state index is 0.0949.